The third kappa shape index (κ3) is 2.67. The normalized spacial score (nSPS) is 12.7. The Labute approximate surface area is 119 Å². The van der Waals surface area contributed by atoms with E-state index in [2.05, 4.69) is 43.3 Å². The number of nitrogens with zero attached hydrogens (tertiary/aromatic N) is 2. The summed E-state index contributed by atoms with van der Waals surface area (Å²) >= 11 is 6.38. The van der Waals surface area contributed by atoms with Crippen LogP contribution in [0.3, 0.4) is 0 Å². The third-order valence-electron chi connectivity index (χ3n) is 3.61. The van der Waals surface area contributed by atoms with E-state index in [-0.39, 0.29) is 6.04 Å². The minimum Gasteiger partial charge on any atom is -0.313 e. The van der Waals surface area contributed by atoms with Crippen LogP contribution in [0.4, 0.5) is 0 Å². The zero-order chi connectivity index (χ0) is 14.0. The molecule has 0 fully saturated rings. The number of aromatic nitrogens is 2. The molecular formula is C15H20ClN3. The first-order valence-electron chi connectivity index (χ1n) is 6.58. The molecule has 0 aliphatic heterocycles. The van der Waals surface area contributed by atoms with Gasteiger partial charge in [-0.3, -0.25) is 4.68 Å². The van der Waals surface area contributed by atoms with E-state index in [4.69, 9.17) is 11.6 Å². The second kappa shape index (κ2) is 5.76. The van der Waals surface area contributed by atoms with Crippen LogP contribution < -0.4 is 5.32 Å². The van der Waals surface area contributed by atoms with Gasteiger partial charge in [-0.05, 0) is 45.0 Å². The molecule has 0 bridgehead atoms. The SMILES string of the molecule is CCn1ncc(-c2ccc(C(C)NC)c(Cl)c2)c1C. The Morgan fingerprint density at radius 1 is 1.42 bits per heavy atom. The molecule has 0 aliphatic rings. The summed E-state index contributed by atoms with van der Waals surface area (Å²) < 4.78 is 1.99. The van der Waals surface area contributed by atoms with Crippen molar-refractivity contribution >= 4 is 11.6 Å². The lowest BCUT2D eigenvalue weighted by Gasteiger charge is -2.13. The van der Waals surface area contributed by atoms with Gasteiger partial charge in [-0.25, -0.2) is 0 Å². The van der Waals surface area contributed by atoms with Crippen LogP contribution in [-0.4, -0.2) is 16.8 Å². The van der Waals surface area contributed by atoms with Crippen molar-refractivity contribution < 1.29 is 0 Å². The molecule has 0 radical (unpaired) electrons. The monoisotopic (exact) mass is 277 g/mol. The van der Waals surface area contributed by atoms with Gasteiger partial charge in [0.2, 0.25) is 0 Å². The highest BCUT2D eigenvalue weighted by Gasteiger charge is 2.12. The van der Waals surface area contributed by atoms with Gasteiger partial charge >= 0.3 is 0 Å². The molecule has 3 nitrogen and oxygen atoms in total. The van der Waals surface area contributed by atoms with Crippen molar-refractivity contribution in [3.8, 4) is 11.1 Å². The molecular weight excluding hydrogens is 258 g/mol. The van der Waals surface area contributed by atoms with E-state index in [1.807, 2.05) is 24.0 Å². The topological polar surface area (TPSA) is 29.9 Å². The number of halogens is 1. The fourth-order valence-electron chi connectivity index (χ4n) is 2.25. The molecule has 0 saturated heterocycles. The molecule has 0 aliphatic carbocycles. The van der Waals surface area contributed by atoms with E-state index in [0.29, 0.717) is 0 Å². The van der Waals surface area contributed by atoms with E-state index < -0.39 is 0 Å². The van der Waals surface area contributed by atoms with Gasteiger partial charge in [-0.2, -0.15) is 5.10 Å². The van der Waals surface area contributed by atoms with E-state index >= 15 is 0 Å². The summed E-state index contributed by atoms with van der Waals surface area (Å²) in [5.41, 5.74) is 4.56. The maximum Gasteiger partial charge on any atom is 0.0571 e. The van der Waals surface area contributed by atoms with E-state index in [1.165, 1.54) is 5.69 Å². The molecule has 0 spiro atoms. The highest BCUT2D eigenvalue weighted by molar-refractivity contribution is 6.31. The summed E-state index contributed by atoms with van der Waals surface area (Å²) in [6.07, 6.45) is 1.91. The number of hydrogen-bond acceptors (Lipinski definition) is 2. The van der Waals surface area contributed by atoms with Gasteiger partial charge in [-0.15, -0.1) is 0 Å². The predicted octanol–water partition coefficient (Wildman–Crippen LogP) is 3.81. The number of rotatable bonds is 4. The Balaban J connectivity index is 2.41. The minimum atomic E-state index is 0.251. The molecule has 2 aromatic rings. The minimum absolute atomic E-state index is 0.251. The van der Waals surface area contributed by atoms with Crippen LogP contribution >= 0.6 is 11.6 Å². The summed E-state index contributed by atoms with van der Waals surface area (Å²) in [6.45, 7) is 7.16. The first-order valence-corrected chi connectivity index (χ1v) is 6.95. The molecule has 1 aromatic heterocycles. The molecule has 19 heavy (non-hydrogen) atoms. The quantitative estimate of drug-likeness (QED) is 0.921. The second-order valence-electron chi connectivity index (χ2n) is 4.71. The summed E-state index contributed by atoms with van der Waals surface area (Å²) in [6, 6.07) is 6.47. The number of nitrogens with one attached hydrogen (secondary N) is 1. The Morgan fingerprint density at radius 2 is 2.16 bits per heavy atom. The first-order chi connectivity index (χ1) is 9.08. The average molecular weight is 278 g/mol. The van der Waals surface area contributed by atoms with Crippen LogP contribution in [0.1, 0.15) is 31.1 Å². The van der Waals surface area contributed by atoms with Crippen molar-refractivity contribution in [1.82, 2.24) is 15.1 Å². The van der Waals surface area contributed by atoms with Gasteiger partial charge in [0.1, 0.15) is 0 Å². The van der Waals surface area contributed by atoms with E-state index in [0.717, 1.165) is 28.3 Å². The highest BCUT2D eigenvalue weighted by Crippen LogP contribution is 2.30. The van der Waals surface area contributed by atoms with Crippen LogP contribution in [0.2, 0.25) is 5.02 Å². The van der Waals surface area contributed by atoms with Crippen molar-refractivity contribution in [2.24, 2.45) is 0 Å². The Morgan fingerprint density at radius 3 is 2.68 bits per heavy atom. The second-order valence-corrected chi connectivity index (χ2v) is 5.11. The van der Waals surface area contributed by atoms with Crippen LogP contribution in [0, 0.1) is 6.92 Å². The van der Waals surface area contributed by atoms with Crippen LogP contribution in [0.15, 0.2) is 24.4 Å². The predicted molar refractivity (Wildman–Crippen MR) is 80.6 cm³/mol. The lowest BCUT2D eigenvalue weighted by molar-refractivity contribution is 0.640. The summed E-state index contributed by atoms with van der Waals surface area (Å²) in [4.78, 5) is 0. The summed E-state index contributed by atoms with van der Waals surface area (Å²) in [7, 11) is 1.93. The standard InChI is InChI=1S/C15H20ClN3/c1-5-19-11(3)14(9-18-19)12-6-7-13(10(2)17-4)15(16)8-12/h6-10,17H,5H2,1-4H3. The van der Waals surface area contributed by atoms with Crippen molar-refractivity contribution in [2.75, 3.05) is 7.05 Å². The molecule has 0 saturated carbocycles. The van der Waals surface area contributed by atoms with Gasteiger partial charge in [0.05, 0.1) is 6.20 Å². The molecule has 1 unspecified atom stereocenters. The average Bonchev–Trinajstić information content (AvgIpc) is 2.78. The lowest BCUT2D eigenvalue weighted by atomic mass is 10.0. The van der Waals surface area contributed by atoms with Gasteiger partial charge in [0.25, 0.3) is 0 Å². The maximum atomic E-state index is 6.38. The summed E-state index contributed by atoms with van der Waals surface area (Å²) in [5.74, 6) is 0. The number of aryl methyl sites for hydroxylation is 1. The Kier molecular flexibility index (Phi) is 4.27. The molecule has 0 amide bonds. The van der Waals surface area contributed by atoms with Crippen molar-refractivity contribution in [3.05, 3.63) is 40.7 Å². The molecule has 102 valence electrons. The van der Waals surface area contributed by atoms with E-state index in [9.17, 15) is 0 Å². The maximum absolute atomic E-state index is 6.38. The molecule has 1 atom stereocenters. The number of benzene rings is 1. The summed E-state index contributed by atoms with van der Waals surface area (Å²) in [5, 5.41) is 8.37. The van der Waals surface area contributed by atoms with Crippen LogP contribution in [0.25, 0.3) is 11.1 Å². The van der Waals surface area contributed by atoms with Crippen molar-refractivity contribution in [2.45, 2.75) is 33.4 Å². The fourth-order valence-corrected chi connectivity index (χ4v) is 2.59. The van der Waals surface area contributed by atoms with Crippen molar-refractivity contribution in [3.63, 3.8) is 0 Å². The third-order valence-corrected chi connectivity index (χ3v) is 3.94. The largest absolute Gasteiger partial charge is 0.313 e. The molecule has 1 heterocycles. The molecule has 1 aromatic carbocycles. The smallest absolute Gasteiger partial charge is 0.0571 e. The zero-order valence-corrected chi connectivity index (χ0v) is 12.6. The van der Waals surface area contributed by atoms with E-state index in [1.54, 1.807) is 0 Å². The zero-order valence-electron chi connectivity index (χ0n) is 11.9. The Hall–Kier alpha value is -1.32. The fraction of sp³-hybridized carbons (Fsp3) is 0.400. The van der Waals surface area contributed by atoms with Gasteiger partial charge in [-0.1, -0.05) is 23.7 Å². The van der Waals surface area contributed by atoms with Crippen LogP contribution in [-0.2, 0) is 6.54 Å². The molecule has 2 rings (SSSR count). The Bertz CT molecular complexity index is 575. The van der Waals surface area contributed by atoms with Gasteiger partial charge in [0, 0.05) is 28.9 Å². The van der Waals surface area contributed by atoms with Crippen molar-refractivity contribution in [1.29, 1.82) is 0 Å². The molecule has 4 heteroatoms. The number of hydrogen-bond donors (Lipinski definition) is 1. The first kappa shape index (κ1) is 14.1. The van der Waals surface area contributed by atoms with Gasteiger partial charge < -0.3 is 5.32 Å². The van der Waals surface area contributed by atoms with Gasteiger partial charge in [0.15, 0.2) is 0 Å². The molecule has 1 N–H and O–H groups in total. The highest BCUT2D eigenvalue weighted by atomic mass is 35.5. The lowest BCUT2D eigenvalue weighted by Crippen LogP contribution is -2.12. The van der Waals surface area contributed by atoms with Crippen LogP contribution in [0.5, 0.6) is 0 Å².